The molecule has 1 N–H and O–H groups in total. The van der Waals surface area contributed by atoms with Gasteiger partial charge < -0.3 is 0 Å². The highest BCUT2D eigenvalue weighted by atomic mass is 35.5. The third-order valence-electron chi connectivity index (χ3n) is 2.84. The first kappa shape index (κ1) is 16.3. The van der Waals surface area contributed by atoms with Crippen molar-refractivity contribution in [2.75, 3.05) is 16.4 Å². The van der Waals surface area contributed by atoms with E-state index in [1.807, 2.05) is 24.3 Å². The highest BCUT2D eigenvalue weighted by molar-refractivity contribution is 7.92. The highest BCUT2D eigenvalue weighted by Crippen LogP contribution is 2.14. The largest absolute Gasteiger partial charge is 0.284 e. The van der Waals surface area contributed by atoms with Crippen molar-refractivity contribution in [2.24, 2.45) is 0 Å². The van der Waals surface area contributed by atoms with E-state index < -0.39 is 10.0 Å². The van der Waals surface area contributed by atoms with Gasteiger partial charge >= 0.3 is 0 Å². The van der Waals surface area contributed by atoms with Crippen LogP contribution in [-0.2, 0) is 16.4 Å². The molecule has 0 aliphatic heterocycles. The fourth-order valence-corrected chi connectivity index (χ4v) is 3.21. The van der Waals surface area contributed by atoms with Crippen LogP contribution in [0.2, 0.25) is 0 Å². The molecule has 0 unspecified atom stereocenters. The van der Waals surface area contributed by atoms with Crippen molar-refractivity contribution in [2.45, 2.75) is 39.0 Å². The van der Waals surface area contributed by atoms with Crippen LogP contribution in [-0.4, -0.2) is 20.1 Å². The Kier molecular flexibility index (Phi) is 7.24. The summed E-state index contributed by atoms with van der Waals surface area (Å²) in [5.74, 6) is 0.423. The van der Waals surface area contributed by atoms with Gasteiger partial charge in [0.25, 0.3) is 0 Å². The number of sulfonamides is 1. The highest BCUT2D eigenvalue weighted by Gasteiger charge is 2.09. The molecule has 0 heterocycles. The van der Waals surface area contributed by atoms with Crippen LogP contribution in [0.5, 0.6) is 0 Å². The molecule has 5 heteroatoms. The zero-order chi connectivity index (χ0) is 14.1. The van der Waals surface area contributed by atoms with Gasteiger partial charge in [0.05, 0.1) is 5.75 Å². The van der Waals surface area contributed by atoms with Crippen LogP contribution >= 0.6 is 11.6 Å². The van der Waals surface area contributed by atoms with E-state index in [4.69, 9.17) is 11.6 Å². The van der Waals surface area contributed by atoms with E-state index in [9.17, 15) is 8.42 Å². The van der Waals surface area contributed by atoms with Crippen molar-refractivity contribution in [1.82, 2.24) is 0 Å². The summed E-state index contributed by atoms with van der Waals surface area (Å²) in [6, 6.07) is 7.60. The Labute approximate surface area is 121 Å². The monoisotopic (exact) mass is 303 g/mol. The van der Waals surface area contributed by atoms with Gasteiger partial charge in [0.1, 0.15) is 0 Å². The minimum atomic E-state index is -3.26. The minimum absolute atomic E-state index is 0.0642. The van der Waals surface area contributed by atoms with Gasteiger partial charge in [-0.2, -0.15) is 0 Å². The van der Waals surface area contributed by atoms with E-state index in [2.05, 4.69) is 11.6 Å². The number of unbranched alkanes of at least 4 members (excludes halogenated alkanes) is 2. The van der Waals surface area contributed by atoms with E-state index in [1.54, 1.807) is 0 Å². The van der Waals surface area contributed by atoms with Gasteiger partial charge in [-0.25, -0.2) is 8.42 Å². The lowest BCUT2D eigenvalue weighted by atomic mass is 10.1. The number of nitrogens with one attached hydrogen (secondary N) is 1. The van der Waals surface area contributed by atoms with Crippen LogP contribution in [0, 0.1) is 0 Å². The smallest absolute Gasteiger partial charge is 0.232 e. The van der Waals surface area contributed by atoms with E-state index in [0.29, 0.717) is 18.0 Å². The van der Waals surface area contributed by atoms with Crippen LogP contribution in [0.3, 0.4) is 0 Å². The maximum absolute atomic E-state index is 11.7. The van der Waals surface area contributed by atoms with E-state index in [1.165, 1.54) is 24.8 Å². The fourth-order valence-electron chi connectivity index (χ4n) is 1.79. The molecule has 19 heavy (non-hydrogen) atoms. The lowest BCUT2D eigenvalue weighted by molar-refractivity contribution is 0.600. The molecule has 0 saturated heterocycles. The first-order chi connectivity index (χ1) is 9.07. The number of hydrogen-bond acceptors (Lipinski definition) is 2. The number of rotatable bonds is 9. The summed E-state index contributed by atoms with van der Waals surface area (Å²) < 4.78 is 25.9. The lowest BCUT2D eigenvalue weighted by Crippen LogP contribution is -2.16. The molecular formula is C14H22ClNO2S. The molecule has 0 aliphatic rings. The molecule has 0 aromatic heterocycles. The third-order valence-corrected chi connectivity index (χ3v) is 4.48. The van der Waals surface area contributed by atoms with Crippen molar-refractivity contribution >= 4 is 27.3 Å². The van der Waals surface area contributed by atoms with Crippen molar-refractivity contribution in [3.63, 3.8) is 0 Å². The summed E-state index contributed by atoms with van der Waals surface area (Å²) in [4.78, 5) is 0. The fraction of sp³-hybridized carbons (Fsp3) is 0.571. The second kappa shape index (κ2) is 8.43. The molecule has 108 valence electrons. The number of anilines is 1. The Morgan fingerprint density at radius 2 is 1.79 bits per heavy atom. The zero-order valence-electron chi connectivity index (χ0n) is 11.4. The summed E-state index contributed by atoms with van der Waals surface area (Å²) in [6.45, 7) is 2.18. The SMILES string of the molecule is CCCCCc1ccc(NS(=O)(=O)CCCCl)cc1. The minimum Gasteiger partial charge on any atom is -0.284 e. The van der Waals surface area contributed by atoms with E-state index >= 15 is 0 Å². The zero-order valence-corrected chi connectivity index (χ0v) is 12.9. The third kappa shape index (κ3) is 6.83. The second-order valence-electron chi connectivity index (χ2n) is 4.62. The number of alkyl halides is 1. The Hall–Kier alpha value is -0.740. The van der Waals surface area contributed by atoms with Crippen molar-refractivity contribution < 1.29 is 8.42 Å². The number of hydrogen-bond donors (Lipinski definition) is 1. The van der Waals surface area contributed by atoms with Crippen LogP contribution in [0.4, 0.5) is 5.69 Å². The molecule has 0 fully saturated rings. The van der Waals surface area contributed by atoms with Crippen molar-refractivity contribution in [3.8, 4) is 0 Å². The van der Waals surface area contributed by atoms with Gasteiger partial charge in [-0.3, -0.25) is 4.72 Å². The number of halogens is 1. The van der Waals surface area contributed by atoms with Gasteiger partial charge in [-0.05, 0) is 37.0 Å². The van der Waals surface area contributed by atoms with Crippen molar-refractivity contribution in [3.05, 3.63) is 29.8 Å². The van der Waals surface area contributed by atoms with Gasteiger partial charge in [0.2, 0.25) is 10.0 Å². The summed E-state index contributed by atoms with van der Waals surface area (Å²) in [5, 5.41) is 0. The van der Waals surface area contributed by atoms with Gasteiger partial charge in [-0.15, -0.1) is 11.6 Å². The molecule has 1 aromatic rings. The predicted octanol–water partition coefficient (Wildman–Crippen LogP) is 3.79. The van der Waals surface area contributed by atoms with Gasteiger partial charge in [-0.1, -0.05) is 31.9 Å². The molecule has 0 amide bonds. The molecule has 0 spiro atoms. The molecule has 0 bridgehead atoms. The molecule has 0 aliphatic carbocycles. The molecule has 1 rings (SSSR count). The molecule has 0 radical (unpaired) electrons. The summed E-state index contributed by atoms with van der Waals surface area (Å²) in [7, 11) is -3.26. The molecule has 1 aromatic carbocycles. The average Bonchev–Trinajstić information content (AvgIpc) is 2.38. The Bertz CT molecular complexity index is 457. The second-order valence-corrected chi connectivity index (χ2v) is 6.84. The van der Waals surface area contributed by atoms with E-state index in [0.717, 1.165) is 6.42 Å². The standard InChI is InChI=1S/C14H22ClNO2S/c1-2-3-4-6-13-7-9-14(10-8-13)16-19(17,18)12-5-11-15/h7-10,16H,2-6,11-12H2,1H3. The van der Waals surface area contributed by atoms with Crippen LogP contribution in [0.1, 0.15) is 38.2 Å². The Morgan fingerprint density at radius 1 is 1.11 bits per heavy atom. The van der Waals surface area contributed by atoms with Crippen LogP contribution in [0.25, 0.3) is 0 Å². The molecule has 3 nitrogen and oxygen atoms in total. The van der Waals surface area contributed by atoms with Crippen molar-refractivity contribution in [1.29, 1.82) is 0 Å². The quantitative estimate of drug-likeness (QED) is 0.557. The van der Waals surface area contributed by atoms with Gasteiger partial charge in [0.15, 0.2) is 0 Å². The molecular weight excluding hydrogens is 282 g/mol. The first-order valence-corrected chi connectivity index (χ1v) is 8.91. The predicted molar refractivity (Wildman–Crippen MR) is 82.4 cm³/mol. The normalized spacial score (nSPS) is 11.5. The lowest BCUT2D eigenvalue weighted by Gasteiger charge is -2.08. The van der Waals surface area contributed by atoms with Gasteiger partial charge in [0, 0.05) is 11.6 Å². The number of benzene rings is 1. The maximum atomic E-state index is 11.7. The summed E-state index contributed by atoms with van der Waals surface area (Å²) in [5.41, 5.74) is 1.87. The summed E-state index contributed by atoms with van der Waals surface area (Å²) in [6.07, 6.45) is 5.13. The van der Waals surface area contributed by atoms with E-state index in [-0.39, 0.29) is 5.75 Å². The van der Waals surface area contributed by atoms with Crippen LogP contribution < -0.4 is 4.72 Å². The molecule has 0 saturated carbocycles. The first-order valence-electron chi connectivity index (χ1n) is 6.73. The van der Waals surface area contributed by atoms with Crippen LogP contribution in [0.15, 0.2) is 24.3 Å². The topological polar surface area (TPSA) is 46.2 Å². The summed E-state index contributed by atoms with van der Waals surface area (Å²) >= 11 is 5.50. The Balaban J connectivity index is 2.52. The average molecular weight is 304 g/mol. The maximum Gasteiger partial charge on any atom is 0.232 e. The molecule has 0 atom stereocenters. The Morgan fingerprint density at radius 3 is 2.37 bits per heavy atom. The number of aryl methyl sites for hydroxylation is 1.